The van der Waals surface area contributed by atoms with E-state index in [1.54, 1.807) is 6.92 Å². The van der Waals surface area contributed by atoms with Gasteiger partial charge in [0.15, 0.2) is 12.4 Å². The van der Waals surface area contributed by atoms with Gasteiger partial charge in [-0.15, -0.1) is 0 Å². The first-order valence-electron chi connectivity index (χ1n) is 7.28. The molecule has 2 rings (SSSR count). The van der Waals surface area contributed by atoms with Gasteiger partial charge in [0, 0.05) is 5.69 Å². The molecular formula is C16H17NO7S. The Bertz CT molecular complexity index is 870. The van der Waals surface area contributed by atoms with Crippen molar-refractivity contribution in [2.24, 2.45) is 0 Å². The van der Waals surface area contributed by atoms with Crippen molar-refractivity contribution in [2.45, 2.75) is 13.5 Å². The average molecular weight is 367 g/mol. The van der Waals surface area contributed by atoms with Gasteiger partial charge in [0.2, 0.25) is 10.0 Å². The van der Waals surface area contributed by atoms with E-state index in [0.717, 1.165) is 6.26 Å². The van der Waals surface area contributed by atoms with Crippen LogP contribution in [0, 0.1) is 0 Å². The number of hydrogen-bond donors (Lipinski definition) is 1. The van der Waals surface area contributed by atoms with Crippen molar-refractivity contribution in [3.05, 3.63) is 53.5 Å². The van der Waals surface area contributed by atoms with Crippen molar-refractivity contribution in [1.29, 1.82) is 0 Å². The smallest absolute Gasteiger partial charge is 0.341 e. The van der Waals surface area contributed by atoms with Crippen LogP contribution in [-0.2, 0) is 26.1 Å². The highest BCUT2D eigenvalue weighted by molar-refractivity contribution is 7.92. The van der Waals surface area contributed by atoms with Crippen LogP contribution in [0.3, 0.4) is 0 Å². The number of esters is 2. The van der Waals surface area contributed by atoms with Crippen LogP contribution in [-0.4, -0.2) is 33.2 Å². The maximum absolute atomic E-state index is 12.1. The first-order valence-corrected chi connectivity index (χ1v) is 9.17. The molecule has 134 valence electrons. The molecule has 25 heavy (non-hydrogen) atoms. The summed E-state index contributed by atoms with van der Waals surface area (Å²) in [5.41, 5.74) is 0.571. The molecule has 0 aliphatic carbocycles. The summed E-state index contributed by atoms with van der Waals surface area (Å²) in [6, 6.07) is 7.27. The number of anilines is 1. The molecule has 0 atom stereocenters. The Labute approximate surface area is 144 Å². The third kappa shape index (κ3) is 5.35. The third-order valence-corrected chi connectivity index (χ3v) is 3.58. The van der Waals surface area contributed by atoms with Crippen LogP contribution in [0.25, 0.3) is 0 Å². The number of carbonyl (C=O) groups is 2. The minimum Gasteiger partial charge on any atom is -0.465 e. The minimum absolute atomic E-state index is 0.151. The lowest BCUT2D eigenvalue weighted by atomic mass is 10.2. The van der Waals surface area contributed by atoms with E-state index >= 15 is 0 Å². The largest absolute Gasteiger partial charge is 0.465 e. The Morgan fingerprint density at radius 1 is 1.16 bits per heavy atom. The Morgan fingerprint density at radius 3 is 2.60 bits per heavy atom. The molecule has 0 aliphatic heterocycles. The normalized spacial score (nSPS) is 11.0. The maximum atomic E-state index is 12.1. The molecule has 0 spiro atoms. The van der Waals surface area contributed by atoms with Gasteiger partial charge in [-0.05, 0) is 31.2 Å². The van der Waals surface area contributed by atoms with Gasteiger partial charge in [0.1, 0.15) is 5.56 Å². The van der Waals surface area contributed by atoms with E-state index in [-0.39, 0.29) is 35.8 Å². The fourth-order valence-corrected chi connectivity index (χ4v) is 2.54. The van der Waals surface area contributed by atoms with E-state index in [1.807, 2.05) is 0 Å². The molecule has 8 nitrogen and oxygen atoms in total. The zero-order valence-corrected chi connectivity index (χ0v) is 14.5. The molecule has 0 bridgehead atoms. The van der Waals surface area contributed by atoms with E-state index in [4.69, 9.17) is 13.9 Å². The van der Waals surface area contributed by atoms with Crippen LogP contribution in [0.1, 0.15) is 33.4 Å². The van der Waals surface area contributed by atoms with Gasteiger partial charge in [-0.3, -0.25) is 4.72 Å². The molecule has 2 aromatic rings. The molecule has 0 radical (unpaired) electrons. The summed E-state index contributed by atoms with van der Waals surface area (Å²) >= 11 is 0. The highest BCUT2D eigenvalue weighted by Gasteiger charge is 2.18. The summed E-state index contributed by atoms with van der Waals surface area (Å²) in [5.74, 6) is -1.10. The zero-order chi connectivity index (χ0) is 18.4. The van der Waals surface area contributed by atoms with Crippen LogP contribution in [0.15, 0.2) is 41.0 Å². The number of hydrogen-bond acceptors (Lipinski definition) is 7. The maximum Gasteiger partial charge on any atom is 0.341 e. The number of sulfonamides is 1. The predicted octanol–water partition coefficient (Wildman–Crippen LogP) is 2.18. The molecule has 1 aromatic carbocycles. The Kier molecular flexibility index (Phi) is 5.81. The predicted molar refractivity (Wildman–Crippen MR) is 88.7 cm³/mol. The van der Waals surface area contributed by atoms with E-state index in [1.165, 1.54) is 36.6 Å². The monoisotopic (exact) mass is 367 g/mol. The molecule has 0 saturated heterocycles. The molecule has 0 fully saturated rings. The van der Waals surface area contributed by atoms with Gasteiger partial charge in [-0.2, -0.15) is 0 Å². The number of ether oxygens (including phenoxy) is 2. The van der Waals surface area contributed by atoms with Crippen LogP contribution in [0.2, 0.25) is 0 Å². The lowest BCUT2D eigenvalue weighted by Crippen LogP contribution is -2.11. The van der Waals surface area contributed by atoms with Gasteiger partial charge in [0.25, 0.3) is 0 Å². The molecule has 0 amide bonds. The van der Waals surface area contributed by atoms with Crippen LogP contribution >= 0.6 is 0 Å². The summed E-state index contributed by atoms with van der Waals surface area (Å²) in [5, 5.41) is 0. The molecule has 9 heteroatoms. The van der Waals surface area contributed by atoms with Crippen LogP contribution < -0.4 is 4.72 Å². The summed E-state index contributed by atoms with van der Waals surface area (Å²) < 4.78 is 39.9. The molecule has 1 aromatic heterocycles. The Morgan fingerprint density at radius 2 is 1.92 bits per heavy atom. The zero-order valence-electron chi connectivity index (χ0n) is 13.6. The highest BCUT2D eigenvalue weighted by Crippen LogP contribution is 2.16. The highest BCUT2D eigenvalue weighted by atomic mass is 32.2. The molecule has 1 heterocycles. The second-order valence-electron chi connectivity index (χ2n) is 5.01. The van der Waals surface area contributed by atoms with Gasteiger partial charge >= 0.3 is 11.9 Å². The first-order chi connectivity index (χ1) is 11.8. The summed E-state index contributed by atoms with van der Waals surface area (Å²) in [6.45, 7) is 1.63. The fraction of sp³-hybridized carbons (Fsp3) is 0.250. The topological polar surface area (TPSA) is 112 Å². The first kappa shape index (κ1) is 18.5. The van der Waals surface area contributed by atoms with E-state index in [9.17, 15) is 18.0 Å². The van der Waals surface area contributed by atoms with Crippen molar-refractivity contribution in [1.82, 2.24) is 0 Å². The summed E-state index contributed by atoms with van der Waals surface area (Å²) in [6.07, 6.45) is 2.30. The number of furan rings is 1. The summed E-state index contributed by atoms with van der Waals surface area (Å²) in [7, 11) is -3.46. The molecule has 0 saturated carbocycles. The lowest BCUT2D eigenvalue weighted by molar-refractivity contribution is 0.0423. The quantitative estimate of drug-likeness (QED) is 0.746. The van der Waals surface area contributed by atoms with Gasteiger partial charge in [-0.25, -0.2) is 18.0 Å². The SMILES string of the molecule is CCOC(=O)c1ccoc1COC(=O)c1cccc(NS(C)(=O)=O)c1. The van der Waals surface area contributed by atoms with Crippen molar-refractivity contribution in [3.63, 3.8) is 0 Å². The Balaban J connectivity index is 2.05. The van der Waals surface area contributed by atoms with Crippen molar-refractivity contribution in [2.75, 3.05) is 17.6 Å². The van der Waals surface area contributed by atoms with Crippen molar-refractivity contribution in [3.8, 4) is 0 Å². The minimum atomic E-state index is -3.46. The standard InChI is InChI=1S/C16H17NO7S/c1-3-22-16(19)13-7-8-23-14(13)10-24-15(18)11-5-4-6-12(9-11)17-25(2,20)21/h4-9,17H,3,10H2,1-2H3. The molecule has 0 unspecified atom stereocenters. The number of nitrogens with one attached hydrogen (secondary N) is 1. The lowest BCUT2D eigenvalue weighted by Gasteiger charge is -2.07. The summed E-state index contributed by atoms with van der Waals surface area (Å²) in [4.78, 5) is 23.8. The van der Waals surface area contributed by atoms with Gasteiger partial charge in [-0.1, -0.05) is 6.07 Å². The average Bonchev–Trinajstić information content (AvgIpc) is 3.00. The fourth-order valence-electron chi connectivity index (χ4n) is 1.98. The number of rotatable bonds is 7. The second kappa shape index (κ2) is 7.84. The van der Waals surface area contributed by atoms with E-state index in [2.05, 4.69) is 4.72 Å². The number of carbonyl (C=O) groups excluding carboxylic acids is 2. The van der Waals surface area contributed by atoms with Crippen molar-refractivity contribution >= 4 is 27.6 Å². The van der Waals surface area contributed by atoms with E-state index < -0.39 is 22.0 Å². The second-order valence-corrected chi connectivity index (χ2v) is 6.76. The number of benzene rings is 1. The Hall–Kier alpha value is -2.81. The van der Waals surface area contributed by atoms with Crippen LogP contribution in [0.5, 0.6) is 0 Å². The van der Waals surface area contributed by atoms with Crippen molar-refractivity contribution < 1.29 is 31.9 Å². The molecule has 1 N–H and O–H groups in total. The van der Waals surface area contributed by atoms with Gasteiger partial charge < -0.3 is 13.9 Å². The van der Waals surface area contributed by atoms with Crippen LogP contribution in [0.4, 0.5) is 5.69 Å². The molecule has 0 aliphatic rings. The molecular weight excluding hydrogens is 350 g/mol. The third-order valence-electron chi connectivity index (χ3n) is 2.98. The van der Waals surface area contributed by atoms with E-state index in [0.29, 0.717) is 0 Å². The van der Waals surface area contributed by atoms with Gasteiger partial charge in [0.05, 0.1) is 24.7 Å².